The molecule has 1 heterocycles. The van der Waals surface area contributed by atoms with Gasteiger partial charge in [0.1, 0.15) is 5.82 Å². The topological polar surface area (TPSA) is 29.9 Å². The molecule has 0 fully saturated rings. The summed E-state index contributed by atoms with van der Waals surface area (Å²) in [7, 11) is 1.98. The van der Waals surface area contributed by atoms with Crippen LogP contribution in [-0.2, 0) is 13.6 Å². The third-order valence-corrected chi connectivity index (χ3v) is 2.79. The van der Waals surface area contributed by atoms with E-state index in [0.29, 0.717) is 6.54 Å². The van der Waals surface area contributed by atoms with Crippen LogP contribution in [0.1, 0.15) is 11.4 Å². The molecule has 0 saturated carbocycles. The van der Waals surface area contributed by atoms with Crippen LogP contribution in [0.4, 0.5) is 5.69 Å². The maximum atomic E-state index is 5.95. The van der Waals surface area contributed by atoms with E-state index in [1.807, 2.05) is 36.0 Å². The van der Waals surface area contributed by atoms with Gasteiger partial charge in [-0.2, -0.15) is 0 Å². The van der Waals surface area contributed by atoms with Gasteiger partial charge in [-0.15, -0.1) is 0 Å². The van der Waals surface area contributed by atoms with E-state index in [0.717, 1.165) is 16.5 Å². The average molecular weight is 236 g/mol. The Hall–Kier alpha value is -1.48. The molecule has 16 heavy (non-hydrogen) atoms. The van der Waals surface area contributed by atoms with Crippen molar-refractivity contribution in [2.75, 3.05) is 5.32 Å². The van der Waals surface area contributed by atoms with Gasteiger partial charge < -0.3 is 9.88 Å². The third kappa shape index (κ3) is 2.36. The lowest BCUT2D eigenvalue weighted by molar-refractivity contribution is 0.812. The van der Waals surface area contributed by atoms with E-state index in [2.05, 4.69) is 17.2 Å². The van der Waals surface area contributed by atoms with Gasteiger partial charge in [0.05, 0.1) is 6.54 Å². The number of nitrogens with zero attached hydrogens (tertiary/aromatic N) is 2. The fourth-order valence-corrected chi connectivity index (χ4v) is 1.70. The molecule has 0 saturated heterocycles. The molecule has 2 aromatic rings. The minimum Gasteiger partial charge on any atom is -0.378 e. The van der Waals surface area contributed by atoms with E-state index in [-0.39, 0.29) is 0 Å². The van der Waals surface area contributed by atoms with Gasteiger partial charge in [-0.25, -0.2) is 4.98 Å². The van der Waals surface area contributed by atoms with Gasteiger partial charge in [0, 0.05) is 30.2 Å². The van der Waals surface area contributed by atoms with Crippen LogP contribution in [0.2, 0.25) is 5.02 Å². The second-order valence-electron chi connectivity index (χ2n) is 3.77. The number of aryl methyl sites for hydroxylation is 2. The molecule has 4 heteroatoms. The number of nitrogens with one attached hydrogen (secondary N) is 1. The Bertz CT molecular complexity index is 491. The molecule has 0 amide bonds. The normalized spacial score (nSPS) is 10.4. The summed E-state index contributed by atoms with van der Waals surface area (Å²) < 4.78 is 1.99. The van der Waals surface area contributed by atoms with Crippen molar-refractivity contribution in [3.05, 3.63) is 47.0 Å². The van der Waals surface area contributed by atoms with E-state index in [4.69, 9.17) is 11.6 Å². The molecule has 0 aliphatic heterocycles. The zero-order valence-corrected chi connectivity index (χ0v) is 10.1. The van der Waals surface area contributed by atoms with Gasteiger partial charge >= 0.3 is 0 Å². The van der Waals surface area contributed by atoms with Crippen LogP contribution in [0.15, 0.2) is 30.6 Å². The number of hydrogen-bond donors (Lipinski definition) is 1. The van der Waals surface area contributed by atoms with E-state index in [1.165, 1.54) is 5.56 Å². The van der Waals surface area contributed by atoms with Crippen molar-refractivity contribution in [3.63, 3.8) is 0 Å². The molecule has 84 valence electrons. The highest BCUT2D eigenvalue weighted by Crippen LogP contribution is 2.20. The van der Waals surface area contributed by atoms with Crippen molar-refractivity contribution in [2.24, 2.45) is 7.05 Å². The lowest BCUT2D eigenvalue weighted by Gasteiger charge is -2.09. The number of benzene rings is 1. The van der Waals surface area contributed by atoms with Crippen LogP contribution in [-0.4, -0.2) is 9.55 Å². The lowest BCUT2D eigenvalue weighted by Crippen LogP contribution is -2.06. The standard InChI is InChI=1S/C12H14ClN3/c1-9-3-4-10(13)7-11(9)15-8-12-14-5-6-16(12)2/h3-7,15H,8H2,1-2H3. The number of imidazole rings is 1. The predicted molar refractivity (Wildman–Crippen MR) is 66.7 cm³/mol. The zero-order valence-electron chi connectivity index (χ0n) is 9.37. The molecule has 1 aromatic carbocycles. The summed E-state index contributed by atoms with van der Waals surface area (Å²) in [5.74, 6) is 0.999. The molecule has 3 nitrogen and oxygen atoms in total. The van der Waals surface area contributed by atoms with E-state index < -0.39 is 0 Å². The Labute approximate surface area is 100 Å². The molecular weight excluding hydrogens is 222 g/mol. The summed E-state index contributed by atoms with van der Waals surface area (Å²) in [5, 5.41) is 4.07. The molecule has 0 bridgehead atoms. The minimum atomic E-state index is 0.699. The Morgan fingerprint density at radius 3 is 2.94 bits per heavy atom. The highest BCUT2D eigenvalue weighted by atomic mass is 35.5. The number of rotatable bonds is 3. The van der Waals surface area contributed by atoms with Crippen molar-refractivity contribution in [3.8, 4) is 0 Å². The SMILES string of the molecule is Cc1ccc(Cl)cc1NCc1nccn1C. The first-order chi connectivity index (χ1) is 7.66. The first-order valence-electron chi connectivity index (χ1n) is 5.13. The van der Waals surface area contributed by atoms with E-state index >= 15 is 0 Å². The highest BCUT2D eigenvalue weighted by molar-refractivity contribution is 6.30. The van der Waals surface area contributed by atoms with Crippen LogP contribution < -0.4 is 5.32 Å². The second-order valence-corrected chi connectivity index (χ2v) is 4.20. The largest absolute Gasteiger partial charge is 0.378 e. The lowest BCUT2D eigenvalue weighted by atomic mass is 10.2. The summed E-state index contributed by atoms with van der Waals surface area (Å²) in [5.41, 5.74) is 2.23. The Balaban J connectivity index is 2.10. The van der Waals surface area contributed by atoms with Gasteiger partial charge in [-0.1, -0.05) is 17.7 Å². The van der Waals surface area contributed by atoms with E-state index in [9.17, 15) is 0 Å². The third-order valence-electron chi connectivity index (χ3n) is 2.56. The fraction of sp³-hybridized carbons (Fsp3) is 0.250. The molecule has 2 rings (SSSR count). The molecule has 1 aromatic heterocycles. The molecule has 0 atom stereocenters. The van der Waals surface area contributed by atoms with Crippen molar-refractivity contribution in [2.45, 2.75) is 13.5 Å². The van der Waals surface area contributed by atoms with Gasteiger partial charge in [0.2, 0.25) is 0 Å². The van der Waals surface area contributed by atoms with E-state index in [1.54, 1.807) is 6.20 Å². The molecule has 0 unspecified atom stereocenters. The summed E-state index contributed by atoms with van der Waals surface area (Å²) in [6.45, 7) is 2.75. The van der Waals surface area contributed by atoms with Crippen LogP contribution in [0.3, 0.4) is 0 Å². The Kier molecular flexibility index (Phi) is 3.15. The number of aromatic nitrogens is 2. The van der Waals surface area contributed by atoms with Crippen LogP contribution in [0.25, 0.3) is 0 Å². The monoisotopic (exact) mass is 235 g/mol. The molecule has 0 aliphatic carbocycles. The van der Waals surface area contributed by atoms with Crippen LogP contribution >= 0.6 is 11.6 Å². The Morgan fingerprint density at radius 1 is 1.44 bits per heavy atom. The molecule has 0 aliphatic rings. The van der Waals surface area contributed by atoms with Gasteiger partial charge in [0.25, 0.3) is 0 Å². The average Bonchev–Trinajstić information content (AvgIpc) is 2.66. The minimum absolute atomic E-state index is 0.699. The number of halogens is 1. The predicted octanol–water partition coefficient (Wildman–Crippen LogP) is 2.99. The molecule has 0 radical (unpaired) electrons. The number of anilines is 1. The fourth-order valence-electron chi connectivity index (χ4n) is 1.53. The molecule has 1 N–H and O–H groups in total. The zero-order chi connectivity index (χ0) is 11.5. The summed E-state index contributed by atoms with van der Waals surface area (Å²) in [6, 6.07) is 5.83. The van der Waals surface area contributed by atoms with Gasteiger partial charge in [0.15, 0.2) is 0 Å². The highest BCUT2D eigenvalue weighted by Gasteiger charge is 2.01. The van der Waals surface area contributed by atoms with Crippen molar-refractivity contribution >= 4 is 17.3 Å². The summed E-state index contributed by atoms with van der Waals surface area (Å²) in [4.78, 5) is 4.25. The summed E-state index contributed by atoms with van der Waals surface area (Å²) in [6.07, 6.45) is 3.73. The maximum absolute atomic E-state index is 5.95. The maximum Gasteiger partial charge on any atom is 0.127 e. The second kappa shape index (κ2) is 4.58. The first-order valence-corrected chi connectivity index (χ1v) is 5.51. The smallest absolute Gasteiger partial charge is 0.127 e. The van der Waals surface area contributed by atoms with Crippen LogP contribution in [0.5, 0.6) is 0 Å². The van der Waals surface area contributed by atoms with Crippen molar-refractivity contribution in [1.82, 2.24) is 9.55 Å². The van der Waals surface area contributed by atoms with Crippen molar-refractivity contribution in [1.29, 1.82) is 0 Å². The molecule has 0 spiro atoms. The molecular formula is C12H14ClN3. The van der Waals surface area contributed by atoms with Gasteiger partial charge in [-0.3, -0.25) is 0 Å². The number of hydrogen-bond acceptors (Lipinski definition) is 2. The Morgan fingerprint density at radius 2 is 2.25 bits per heavy atom. The van der Waals surface area contributed by atoms with Crippen LogP contribution in [0, 0.1) is 6.92 Å². The van der Waals surface area contributed by atoms with Gasteiger partial charge in [-0.05, 0) is 24.6 Å². The first kappa shape index (κ1) is 11.0. The van der Waals surface area contributed by atoms with Crippen molar-refractivity contribution < 1.29 is 0 Å². The summed E-state index contributed by atoms with van der Waals surface area (Å²) >= 11 is 5.95. The quantitative estimate of drug-likeness (QED) is 0.887.